The smallest absolute Gasteiger partial charge is 0.0977 e. The van der Waals surface area contributed by atoms with Crippen molar-refractivity contribution in [3.63, 3.8) is 0 Å². The summed E-state index contributed by atoms with van der Waals surface area (Å²) in [5.41, 5.74) is 1.93. The first-order chi connectivity index (χ1) is 7.31. The van der Waals surface area contributed by atoms with E-state index in [2.05, 4.69) is 11.1 Å². The average Bonchev–Trinajstić information content (AvgIpc) is 2.75. The summed E-state index contributed by atoms with van der Waals surface area (Å²) in [6.07, 6.45) is 3.65. The molecule has 0 aliphatic carbocycles. The van der Waals surface area contributed by atoms with Gasteiger partial charge in [-0.15, -0.1) is 0 Å². The Bertz CT molecular complexity index is 465. The van der Waals surface area contributed by atoms with Crippen LogP contribution in [0.2, 0.25) is 5.02 Å². The number of hydrogen-bond donors (Lipinski definition) is 1. The third-order valence-electron chi connectivity index (χ3n) is 2.29. The standard InChI is InChI=1S/C12H9ClN2/c13-11-3-1-9(2-4-11)12(7-14)10-5-6-15-8-10/h1-6,8,12,15H. The Morgan fingerprint density at radius 3 is 2.40 bits per heavy atom. The van der Waals surface area contributed by atoms with Crippen LogP contribution in [0, 0.1) is 11.3 Å². The van der Waals surface area contributed by atoms with Gasteiger partial charge in [0.25, 0.3) is 0 Å². The number of nitriles is 1. The Labute approximate surface area is 93.1 Å². The minimum absolute atomic E-state index is 0.228. The van der Waals surface area contributed by atoms with Gasteiger partial charge in [0, 0.05) is 17.4 Å². The number of hydrogen-bond acceptors (Lipinski definition) is 1. The van der Waals surface area contributed by atoms with E-state index in [1.165, 1.54) is 0 Å². The Kier molecular flexibility index (Phi) is 2.75. The maximum atomic E-state index is 9.12. The van der Waals surface area contributed by atoms with Crippen LogP contribution in [0.15, 0.2) is 42.7 Å². The number of halogens is 1. The van der Waals surface area contributed by atoms with E-state index in [-0.39, 0.29) is 5.92 Å². The number of nitrogens with one attached hydrogen (secondary N) is 1. The molecule has 0 aliphatic rings. The van der Waals surface area contributed by atoms with E-state index in [9.17, 15) is 0 Å². The molecule has 1 atom stereocenters. The van der Waals surface area contributed by atoms with Gasteiger partial charge in [-0.2, -0.15) is 5.26 Å². The monoisotopic (exact) mass is 216 g/mol. The van der Waals surface area contributed by atoms with Crippen molar-refractivity contribution in [2.45, 2.75) is 5.92 Å². The lowest BCUT2D eigenvalue weighted by Crippen LogP contribution is -1.95. The Balaban J connectivity index is 2.37. The average molecular weight is 217 g/mol. The molecule has 1 aromatic carbocycles. The van der Waals surface area contributed by atoms with Gasteiger partial charge in [-0.3, -0.25) is 0 Å². The van der Waals surface area contributed by atoms with E-state index in [4.69, 9.17) is 16.9 Å². The molecule has 0 saturated carbocycles. The summed E-state index contributed by atoms with van der Waals surface area (Å²) in [6.45, 7) is 0. The van der Waals surface area contributed by atoms with Crippen LogP contribution >= 0.6 is 11.6 Å². The molecule has 0 saturated heterocycles. The van der Waals surface area contributed by atoms with Crippen molar-refractivity contribution in [1.82, 2.24) is 4.98 Å². The molecule has 0 aliphatic heterocycles. The topological polar surface area (TPSA) is 39.6 Å². The molecule has 2 nitrogen and oxygen atoms in total. The van der Waals surface area contributed by atoms with Crippen LogP contribution < -0.4 is 0 Å². The van der Waals surface area contributed by atoms with Crippen molar-refractivity contribution in [3.8, 4) is 6.07 Å². The zero-order valence-electron chi connectivity index (χ0n) is 7.94. The normalized spacial score (nSPS) is 12.0. The van der Waals surface area contributed by atoms with Crippen LogP contribution in [0.1, 0.15) is 17.0 Å². The van der Waals surface area contributed by atoms with Crippen molar-refractivity contribution in [3.05, 3.63) is 58.9 Å². The van der Waals surface area contributed by atoms with Crippen LogP contribution in [0.4, 0.5) is 0 Å². The molecule has 3 heteroatoms. The van der Waals surface area contributed by atoms with Crippen LogP contribution in [0.5, 0.6) is 0 Å². The number of nitrogens with zero attached hydrogens (tertiary/aromatic N) is 1. The summed E-state index contributed by atoms with van der Waals surface area (Å²) in [5.74, 6) is -0.228. The molecule has 0 amide bonds. The van der Waals surface area contributed by atoms with E-state index < -0.39 is 0 Å². The molecule has 0 fully saturated rings. The Morgan fingerprint density at radius 2 is 1.87 bits per heavy atom. The van der Waals surface area contributed by atoms with Gasteiger partial charge in [-0.1, -0.05) is 23.7 Å². The lowest BCUT2D eigenvalue weighted by atomic mass is 9.95. The molecule has 0 radical (unpaired) electrons. The fraction of sp³-hybridized carbons (Fsp3) is 0.0833. The van der Waals surface area contributed by atoms with Crippen LogP contribution in [0.3, 0.4) is 0 Å². The van der Waals surface area contributed by atoms with Crippen molar-refractivity contribution in [2.24, 2.45) is 0 Å². The quantitative estimate of drug-likeness (QED) is 0.822. The number of H-pyrrole nitrogens is 1. The lowest BCUT2D eigenvalue weighted by Gasteiger charge is -2.06. The SMILES string of the molecule is N#CC(c1ccc(Cl)cc1)c1cc[nH]c1. The van der Waals surface area contributed by atoms with Gasteiger partial charge in [0.2, 0.25) is 0 Å². The molecule has 0 spiro atoms. The molecule has 1 N–H and O–H groups in total. The van der Waals surface area contributed by atoms with Gasteiger partial charge < -0.3 is 4.98 Å². The predicted molar refractivity (Wildman–Crippen MR) is 59.7 cm³/mol. The fourth-order valence-electron chi connectivity index (χ4n) is 1.51. The predicted octanol–water partition coefficient (Wildman–Crippen LogP) is 3.32. The van der Waals surface area contributed by atoms with E-state index in [1.54, 1.807) is 12.1 Å². The zero-order chi connectivity index (χ0) is 10.7. The van der Waals surface area contributed by atoms with Crippen molar-refractivity contribution >= 4 is 11.6 Å². The second-order valence-corrected chi connectivity index (χ2v) is 3.69. The van der Waals surface area contributed by atoms with E-state index in [1.807, 2.05) is 30.6 Å². The van der Waals surface area contributed by atoms with Gasteiger partial charge in [-0.05, 0) is 29.3 Å². The van der Waals surface area contributed by atoms with E-state index in [0.717, 1.165) is 11.1 Å². The highest BCUT2D eigenvalue weighted by Crippen LogP contribution is 2.24. The summed E-state index contributed by atoms with van der Waals surface area (Å²) in [6, 6.07) is 11.5. The molecule has 1 unspecified atom stereocenters. The van der Waals surface area contributed by atoms with Gasteiger partial charge in [0.1, 0.15) is 0 Å². The van der Waals surface area contributed by atoms with Crippen LogP contribution in [-0.4, -0.2) is 4.98 Å². The molecular formula is C12H9ClN2. The Hall–Kier alpha value is -1.72. The Morgan fingerprint density at radius 1 is 1.13 bits per heavy atom. The second kappa shape index (κ2) is 4.20. The fourth-order valence-corrected chi connectivity index (χ4v) is 1.64. The lowest BCUT2D eigenvalue weighted by molar-refractivity contribution is 1.04. The molecular weight excluding hydrogens is 208 g/mol. The minimum atomic E-state index is -0.228. The summed E-state index contributed by atoms with van der Waals surface area (Å²) < 4.78 is 0. The zero-order valence-corrected chi connectivity index (χ0v) is 8.70. The third-order valence-corrected chi connectivity index (χ3v) is 2.54. The molecule has 2 rings (SSSR count). The first kappa shape index (κ1) is 9.82. The second-order valence-electron chi connectivity index (χ2n) is 3.26. The first-order valence-electron chi connectivity index (χ1n) is 4.59. The van der Waals surface area contributed by atoms with Crippen LogP contribution in [-0.2, 0) is 0 Å². The number of aromatic amines is 1. The molecule has 0 bridgehead atoms. The minimum Gasteiger partial charge on any atom is -0.367 e. The van der Waals surface area contributed by atoms with Gasteiger partial charge >= 0.3 is 0 Å². The van der Waals surface area contributed by atoms with Gasteiger partial charge in [0.15, 0.2) is 0 Å². The molecule has 2 aromatic rings. The van der Waals surface area contributed by atoms with Crippen molar-refractivity contribution in [2.75, 3.05) is 0 Å². The first-order valence-corrected chi connectivity index (χ1v) is 4.97. The molecule has 1 aromatic heterocycles. The summed E-state index contributed by atoms with van der Waals surface area (Å²) >= 11 is 5.80. The van der Waals surface area contributed by atoms with E-state index >= 15 is 0 Å². The molecule has 1 heterocycles. The highest BCUT2D eigenvalue weighted by molar-refractivity contribution is 6.30. The third kappa shape index (κ3) is 2.03. The van der Waals surface area contributed by atoms with Crippen molar-refractivity contribution < 1.29 is 0 Å². The van der Waals surface area contributed by atoms with Gasteiger partial charge in [0.05, 0.1) is 12.0 Å². The highest BCUT2D eigenvalue weighted by Gasteiger charge is 2.12. The maximum Gasteiger partial charge on any atom is 0.0977 e. The highest BCUT2D eigenvalue weighted by atomic mass is 35.5. The number of rotatable bonds is 2. The number of benzene rings is 1. The van der Waals surface area contributed by atoms with Crippen molar-refractivity contribution in [1.29, 1.82) is 5.26 Å². The van der Waals surface area contributed by atoms with E-state index in [0.29, 0.717) is 5.02 Å². The summed E-state index contributed by atoms with van der Waals surface area (Å²) in [4.78, 5) is 2.95. The number of aromatic nitrogens is 1. The molecule has 15 heavy (non-hydrogen) atoms. The van der Waals surface area contributed by atoms with Gasteiger partial charge in [-0.25, -0.2) is 0 Å². The summed E-state index contributed by atoms with van der Waals surface area (Å²) in [5, 5.41) is 9.81. The maximum absolute atomic E-state index is 9.12. The largest absolute Gasteiger partial charge is 0.367 e. The summed E-state index contributed by atoms with van der Waals surface area (Å²) in [7, 11) is 0. The van der Waals surface area contributed by atoms with Crippen LogP contribution in [0.25, 0.3) is 0 Å². The molecule has 74 valence electrons.